The summed E-state index contributed by atoms with van der Waals surface area (Å²) in [4.78, 5) is 28.2. The third-order valence-electron chi connectivity index (χ3n) is 4.94. The predicted molar refractivity (Wildman–Crippen MR) is 96.5 cm³/mol. The number of piperazine rings is 1. The lowest BCUT2D eigenvalue weighted by Gasteiger charge is -2.36. The van der Waals surface area contributed by atoms with Gasteiger partial charge in [-0.15, -0.1) is 0 Å². The quantitative estimate of drug-likeness (QED) is 0.847. The predicted octanol–water partition coefficient (Wildman–Crippen LogP) is 1.41. The maximum Gasteiger partial charge on any atom is 0.246 e. The third-order valence-corrected chi connectivity index (χ3v) is 4.94. The largest absolute Gasteiger partial charge is 0.368 e. The summed E-state index contributed by atoms with van der Waals surface area (Å²) >= 11 is 0. The van der Waals surface area contributed by atoms with Gasteiger partial charge in [-0.05, 0) is 25.0 Å². The van der Waals surface area contributed by atoms with Gasteiger partial charge in [0.05, 0.1) is 12.6 Å². The fraction of sp³-hybridized carbons (Fsp3) is 0.579. The minimum Gasteiger partial charge on any atom is -0.368 e. The molecule has 1 aliphatic heterocycles. The maximum absolute atomic E-state index is 12.3. The minimum absolute atomic E-state index is 0.0260. The number of hydrogen-bond donors (Lipinski definition) is 1. The van der Waals surface area contributed by atoms with Crippen molar-refractivity contribution in [1.29, 1.82) is 0 Å². The fourth-order valence-electron chi connectivity index (χ4n) is 3.44. The molecule has 1 aliphatic carbocycles. The highest BCUT2D eigenvalue weighted by Crippen LogP contribution is 2.20. The molecule has 136 valence electrons. The molecule has 1 aromatic carbocycles. The highest BCUT2D eigenvalue weighted by Gasteiger charge is 2.22. The van der Waals surface area contributed by atoms with Gasteiger partial charge in [-0.3, -0.25) is 9.59 Å². The Morgan fingerprint density at radius 1 is 1.04 bits per heavy atom. The van der Waals surface area contributed by atoms with Gasteiger partial charge in [0, 0.05) is 31.9 Å². The summed E-state index contributed by atoms with van der Waals surface area (Å²) < 4.78 is 5.56. The molecule has 0 radical (unpaired) electrons. The van der Waals surface area contributed by atoms with Crippen LogP contribution in [0.5, 0.6) is 0 Å². The number of carbonyl (C=O) groups is 2. The first-order valence-electron chi connectivity index (χ1n) is 9.18. The van der Waals surface area contributed by atoms with E-state index in [0.717, 1.165) is 25.9 Å². The average Bonchev–Trinajstić information content (AvgIpc) is 3.19. The summed E-state index contributed by atoms with van der Waals surface area (Å²) in [5.74, 6) is -0.231. The number of para-hydroxylation sites is 1. The third kappa shape index (κ3) is 5.19. The first kappa shape index (κ1) is 17.7. The molecule has 6 heteroatoms. The molecule has 6 nitrogen and oxygen atoms in total. The molecule has 0 bridgehead atoms. The van der Waals surface area contributed by atoms with E-state index < -0.39 is 0 Å². The molecule has 1 heterocycles. The smallest absolute Gasteiger partial charge is 0.246 e. The molecule has 0 atom stereocenters. The average molecular weight is 345 g/mol. The van der Waals surface area contributed by atoms with Crippen molar-refractivity contribution in [3.8, 4) is 0 Å². The van der Waals surface area contributed by atoms with E-state index in [1.165, 1.54) is 18.5 Å². The van der Waals surface area contributed by atoms with Crippen LogP contribution in [0.2, 0.25) is 0 Å². The lowest BCUT2D eigenvalue weighted by atomic mass is 10.2. The van der Waals surface area contributed by atoms with Gasteiger partial charge in [-0.2, -0.15) is 0 Å². The van der Waals surface area contributed by atoms with E-state index in [2.05, 4.69) is 22.3 Å². The number of carbonyl (C=O) groups excluding carboxylic acids is 2. The molecule has 2 fully saturated rings. The molecule has 3 rings (SSSR count). The molecule has 0 unspecified atom stereocenters. The fourth-order valence-corrected chi connectivity index (χ4v) is 3.44. The van der Waals surface area contributed by atoms with Gasteiger partial charge in [0.2, 0.25) is 11.8 Å². The molecule has 1 aromatic rings. The summed E-state index contributed by atoms with van der Waals surface area (Å²) in [7, 11) is 0. The number of ether oxygens (including phenoxy) is 1. The van der Waals surface area contributed by atoms with Gasteiger partial charge in [0.25, 0.3) is 0 Å². The van der Waals surface area contributed by atoms with Crippen LogP contribution in [-0.2, 0) is 14.3 Å². The Morgan fingerprint density at radius 2 is 1.72 bits per heavy atom. The normalized spacial score (nSPS) is 18.4. The van der Waals surface area contributed by atoms with Gasteiger partial charge < -0.3 is 19.9 Å². The standard InChI is InChI=1S/C19H27N3O3/c23-18(15-25-17-8-4-5-9-17)20-14-19(24)22-12-10-21(11-13-22)16-6-2-1-3-7-16/h1-3,6-7,17H,4-5,8-15H2,(H,20,23). The second-order valence-electron chi connectivity index (χ2n) is 6.70. The second kappa shape index (κ2) is 8.85. The summed E-state index contributed by atoms with van der Waals surface area (Å²) in [6, 6.07) is 10.2. The zero-order valence-corrected chi connectivity index (χ0v) is 14.7. The van der Waals surface area contributed by atoms with Crippen LogP contribution in [0.15, 0.2) is 30.3 Å². The number of rotatable bonds is 6. The number of anilines is 1. The van der Waals surface area contributed by atoms with E-state index in [1.807, 2.05) is 23.1 Å². The van der Waals surface area contributed by atoms with Crippen LogP contribution < -0.4 is 10.2 Å². The molecular formula is C19H27N3O3. The molecule has 1 saturated carbocycles. The van der Waals surface area contributed by atoms with E-state index in [4.69, 9.17) is 4.74 Å². The monoisotopic (exact) mass is 345 g/mol. The molecule has 0 aromatic heterocycles. The van der Waals surface area contributed by atoms with E-state index in [-0.39, 0.29) is 31.1 Å². The van der Waals surface area contributed by atoms with Gasteiger partial charge >= 0.3 is 0 Å². The van der Waals surface area contributed by atoms with Crippen LogP contribution in [0.1, 0.15) is 25.7 Å². The molecule has 25 heavy (non-hydrogen) atoms. The summed E-state index contributed by atoms with van der Waals surface area (Å²) in [5, 5.41) is 2.68. The van der Waals surface area contributed by atoms with Crippen molar-refractivity contribution >= 4 is 17.5 Å². The van der Waals surface area contributed by atoms with Crippen molar-refractivity contribution < 1.29 is 14.3 Å². The Balaban J connectivity index is 1.34. The van der Waals surface area contributed by atoms with Crippen LogP contribution in [0, 0.1) is 0 Å². The van der Waals surface area contributed by atoms with Gasteiger partial charge in [0.1, 0.15) is 6.61 Å². The lowest BCUT2D eigenvalue weighted by molar-refractivity contribution is -0.135. The van der Waals surface area contributed by atoms with E-state index in [0.29, 0.717) is 13.1 Å². The van der Waals surface area contributed by atoms with E-state index >= 15 is 0 Å². The number of benzene rings is 1. The Hall–Kier alpha value is -2.08. The van der Waals surface area contributed by atoms with E-state index in [1.54, 1.807) is 0 Å². The summed E-state index contributed by atoms with van der Waals surface area (Å²) in [6.45, 7) is 3.10. The van der Waals surface area contributed by atoms with Crippen molar-refractivity contribution in [3.05, 3.63) is 30.3 Å². The molecule has 2 aliphatic rings. The molecular weight excluding hydrogens is 318 g/mol. The SMILES string of the molecule is O=C(COC1CCCC1)NCC(=O)N1CCN(c2ccccc2)CC1. The second-order valence-corrected chi connectivity index (χ2v) is 6.70. The zero-order valence-electron chi connectivity index (χ0n) is 14.7. The van der Waals surface area contributed by atoms with Crippen LogP contribution >= 0.6 is 0 Å². The van der Waals surface area contributed by atoms with Gasteiger partial charge in [-0.1, -0.05) is 31.0 Å². The molecule has 1 saturated heterocycles. The summed E-state index contributed by atoms with van der Waals surface area (Å²) in [6.07, 6.45) is 4.66. The van der Waals surface area contributed by atoms with Crippen molar-refractivity contribution in [1.82, 2.24) is 10.2 Å². The van der Waals surface area contributed by atoms with Crippen molar-refractivity contribution in [2.45, 2.75) is 31.8 Å². The Kier molecular flexibility index (Phi) is 6.28. The van der Waals surface area contributed by atoms with Crippen molar-refractivity contribution in [2.75, 3.05) is 44.2 Å². The number of amides is 2. The lowest BCUT2D eigenvalue weighted by Crippen LogP contribution is -2.51. The number of nitrogens with zero attached hydrogens (tertiary/aromatic N) is 2. The van der Waals surface area contributed by atoms with Crippen LogP contribution in [0.4, 0.5) is 5.69 Å². The highest BCUT2D eigenvalue weighted by atomic mass is 16.5. The number of nitrogens with one attached hydrogen (secondary N) is 1. The first-order valence-corrected chi connectivity index (χ1v) is 9.18. The minimum atomic E-state index is -0.205. The Bertz CT molecular complexity index is 565. The van der Waals surface area contributed by atoms with Crippen molar-refractivity contribution in [2.24, 2.45) is 0 Å². The Labute approximate surface area is 149 Å². The first-order chi connectivity index (χ1) is 12.2. The summed E-state index contributed by atoms with van der Waals surface area (Å²) in [5.41, 5.74) is 1.19. The molecule has 1 N–H and O–H groups in total. The topological polar surface area (TPSA) is 61.9 Å². The van der Waals surface area contributed by atoms with Crippen LogP contribution in [-0.4, -0.2) is 62.1 Å². The van der Waals surface area contributed by atoms with Crippen molar-refractivity contribution in [3.63, 3.8) is 0 Å². The zero-order chi connectivity index (χ0) is 17.5. The van der Waals surface area contributed by atoms with Crippen LogP contribution in [0.3, 0.4) is 0 Å². The molecule has 0 spiro atoms. The van der Waals surface area contributed by atoms with E-state index in [9.17, 15) is 9.59 Å². The van der Waals surface area contributed by atoms with Gasteiger partial charge in [0.15, 0.2) is 0 Å². The molecule has 2 amide bonds. The maximum atomic E-state index is 12.3. The Morgan fingerprint density at radius 3 is 2.40 bits per heavy atom. The number of hydrogen-bond acceptors (Lipinski definition) is 4. The van der Waals surface area contributed by atoms with Crippen LogP contribution in [0.25, 0.3) is 0 Å². The van der Waals surface area contributed by atoms with Gasteiger partial charge in [-0.25, -0.2) is 0 Å². The highest BCUT2D eigenvalue weighted by molar-refractivity contribution is 5.85.